The minimum Gasteiger partial charge on any atom is -0.310 e. The molecule has 0 radical (unpaired) electrons. The van der Waals surface area contributed by atoms with E-state index in [1.54, 1.807) is 0 Å². The minimum absolute atomic E-state index is 0.0327. The first-order chi connectivity index (χ1) is 24.3. The van der Waals surface area contributed by atoms with E-state index in [4.69, 9.17) is 0 Å². The third-order valence-corrected chi connectivity index (χ3v) is 12.6. The van der Waals surface area contributed by atoms with Gasteiger partial charge < -0.3 is 4.90 Å². The van der Waals surface area contributed by atoms with E-state index in [1.165, 1.54) is 70.4 Å². The first-order valence-electron chi connectivity index (χ1n) is 17.5. The number of hydrogen-bond donors (Lipinski definition) is 0. The van der Waals surface area contributed by atoms with Crippen molar-refractivity contribution in [3.05, 3.63) is 175 Å². The van der Waals surface area contributed by atoms with Crippen molar-refractivity contribution < 1.29 is 0 Å². The van der Waals surface area contributed by atoms with Gasteiger partial charge in [0.25, 0.3) is 0 Å². The standard InChI is InChI=1S/C48H39NS/c1-47(2)41-27-25-34(32-15-7-5-8-16-32)30-39(41)40-31-35(26-28-42(40)48(47,3)4)33-17-13-20-37(29-33)49(36-18-9-6-10-19-36)43-22-14-24-45-46(43)38-21-11-12-23-44(38)50-45/h5-31H,1-4H3. The van der Waals surface area contributed by atoms with Gasteiger partial charge in [0.2, 0.25) is 0 Å². The topological polar surface area (TPSA) is 3.24 Å². The Morgan fingerprint density at radius 1 is 0.420 bits per heavy atom. The van der Waals surface area contributed by atoms with Crippen molar-refractivity contribution in [1.82, 2.24) is 0 Å². The van der Waals surface area contributed by atoms with Crippen LogP contribution in [-0.4, -0.2) is 0 Å². The number of anilines is 3. The number of para-hydroxylation sites is 1. The second-order valence-electron chi connectivity index (χ2n) is 14.6. The van der Waals surface area contributed by atoms with E-state index >= 15 is 0 Å². The van der Waals surface area contributed by atoms with Crippen molar-refractivity contribution >= 4 is 48.6 Å². The molecule has 7 aromatic carbocycles. The number of fused-ring (bicyclic) bond motifs is 6. The quantitative estimate of drug-likeness (QED) is 0.177. The lowest BCUT2D eigenvalue weighted by Crippen LogP contribution is -2.43. The molecule has 0 atom stereocenters. The highest BCUT2D eigenvalue weighted by Crippen LogP contribution is 2.55. The first-order valence-corrected chi connectivity index (χ1v) is 18.3. The smallest absolute Gasteiger partial charge is 0.0554 e. The Labute approximate surface area is 299 Å². The van der Waals surface area contributed by atoms with Crippen molar-refractivity contribution in [3.8, 4) is 33.4 Å². The molecule has 1 nitrogen and oxygen atoms in total. The Bertz CT molecular complexity index is 2540. The van der Waals surface area contributed by atoms with Gasteiger partial charge in [-0.2, -0.15) is 0 Å². The lowest BCUT2D eigenvalue weighted by Gasteiger charge is -2.48. The second kappa shape index (κ2) is 11.6. The Morgan fingerprint density at radius 2 is 0.940 bits per heavy atom. The zero-order chi connectivity index (χ0) is 34.0. The van der Waals surface area contributed by atoms with Crippen molar-refractivity contribution in [2.24, 2.45) is 0 Å². The SMILES string of the molecule is CC1(C)c2ccc(-c3ccccc3)cc2-c2cc(-c3cccc(N(c4ccccc4)c4cccc5sc6ccccc6c45)c3)ccc2C1(C)C. The number of rotatable bonds is 5. The van der Waals surface area contributed by atoms with Gasteiger partial charge in [0, 0.05) is 31.5 Å². The molecule has 1 aliphatic rings. The van der Waals surface area contributed by atoms with E-state index in [0.717, 1.165) is 11.4 Å². The highest BCUT2D eigenvalue weighted by molar-refractivity contribution is 7.26. The molecule has 0 saturated heterocycles. The molecular formula is C48H39NS. The minimum atomic E-state index is -0.0456. The third-order valence-electron chi connectivity index (χ3n) is 11.4. The molecule has 9 rings (SSSR count). The van der Waals surface area contributed by atoms with Crippen LogP contribution in [0.25, 0.3) is 53.6 Å². The van der Waals surface area contributed by atoms with Crippen molar-refractivity contribution in [2.75, 3.05) is 4.90 Å². The molecule has 1 aromatic heterocycles. The second-order valence-corrected chi connectivity index (χ2v) is 15.7. The monoisotopic (exact) mass is 661 g/mol. The highest BCUT2D eigenvalue weighted by atomic mass is 32.1. The average Bonchev–Trinajstić information content (AvgIpc) is 3.54. The Hall–Kier alpha value is -5.44. The fourth-order valence-electron chi connectivity index (χ4n) is 8.06. The van der Waals surface area contributed by atoms with Gasteiger partial charge in [0.1, 0.15) is 0 Å². The first kappa shape index (κ1) is 30.6. The Balaban J connectivity index is 1.22. The molecule has 0 fully saturated rings. The summed E-state index contributed by atoms with van der Waals surface area (Å²) in [5.41, 5.74) is 13.8. The van der Waals surface area contributed by atoms with Gasteiger partial charge >= 0.3 is 0 Å². The molecule has 0 saturated carbocycles. The third kappa shape index (κ3) is 4.74. The van der Waals surface area contributed by atoms with Gasteiger partial charge in [-0.25, -0.2) is 0 Å². The van der Waals surface area contributed by atoms with Crippen molar-refractivity contribution in [1.29, 1.82) is 0 Å². The van der Waals surface area contributed by atoms with Gasteiger partial charge in [-0.05, 0) is 110 Å². The van der Waals surface area contributed by atoms with E-state index in [0.29, 0.717) is 0 Å². The van der Waals surface area contributed by atoms with Gasteiger partial charge in [0.05, 0.1) is 5.69 Å². The molecular weight excluding hydrogens is 623 g/mol. The van der Waals surface area contributed by atoms with Gasteiger partial charge in [-0.15, -0.1) is 11.3 Å². The fourth-order valence-corrected chi connectivity index (χ4v) is 9.19. The molecule has 0 bridgehead atoms. The summed E-state index contributed by atoms with van der Waals surface area (Å²) >= 11 is 1.86. The normalized spacial score (nSPS) is 14.3. The van der Waals surface area contributed by atoms with Crippen LogP contribution < -0.4 is 4.90 Å². The molecule has 242 valence electrons. The van der Waals surface area contributed by atoms with E-state index < -0.39 is 0 Å². The predicted molar refractivity (Wildman–Crippen MR) is 216 cm³/mol. The number of thiophene rings is 1. The molecule has 2 heteroatoms. The maximum Gasteiger partial charge on any atom is 0.0554 e. The molecule has 0 amide bonds. The van der Waals surface area contributed by atoms with E-state index in [-0.39, 0.29) is 10.8 Å². The van der Waals surface area contributed by atoms with Crippen LogP contribution in [0.2, 0.25) is 0 Å². The Morgan fingerprint density at radius 3 is 1.64 bits per heavy atom. The van der Waals surface area contributed by atoms with Crippen LogP contribution in [-0.2, 0) is 10.8 Å². The van der Waals surface area contributed by atoms with Gasteiger partial charge in [-0.3, -0.25) is 0 Å². The largest absolute Gasteiger partial charge is 0.310 e. The molecule has 1 aliphatic carbocycles. The summed E-state index contributed by atoms with van der Waals surface area (Å²) in [5.74, 6) is 0. The summed E-state index contributed by atoms with van der Waals surface area (Å²) in [5, 5.41) is 2.60. The molecule has 0 spiro atoms. The van der Waals surface area contributed by atoms with Crippen molar-refractivity contribution in [2.45, 2.75) is 38.5 Å². The van der Waals surface area contributed by atoms with E-state index in [9.17, 15) is 0 Å². The van der Waals surface area contributed by atoms with Gasteiger partial charge in [0.15, 0.2) is 0 Å². The van der Waals surface area contributed by atoms with Crippen LogP contribution in [0, 0.1) is 0 Å². The van der Waals surface area contributed by atoms with Crippen LogP contribution >= 0.6 is 11.3 Å². The maximum atomic E-state index is 2.44. The summed E-state index contributed by atoms with van der Waals surface area (Å²) in [6.07, 6.45) is 0. The van der Waals surface area contributed by atoms with Crippen LogP contribution in [0.4, 0.5) is 17.1 Å². The van der Waals surface area contributed by atoms with E-state index in [2.05, 4.69) is 196 Å². The predicted octanol–water partition coefficient (Wildman–Crippen LogP) is 14.1. The molecule has 0 N–H and O–H groups in total. The van der Waals surface area contributed by atoms with Gasteiger partial charge in [-0.1, -0.05) is 137 Å². The van der Waals surface area contributed by atoms with Crippen LogP contribution in [0.3, 0.4) is 0 Å². The zero-order valence-corrected chi connectivity index (χ0v) is 29.8. The summed E-state index contributed by atoms with van der Waals surface area (Å²) < 4.78 is 2.61. The van der Waals surface area contributed by atoms with Crippen LogP contribution in [0.15, 0.2) is 164 Å². The van der Waals surface area contributed by atoms with Crippen LogP contribution in [0.5, 0.6) is 0 Å². The van der Waals surface area contributed by atoms with E-state index in [1.807, 2.05) is 11.3 Å². The molecule has 0 unspecified atom stereocenters. The van der Waals surface area contributed by atoms with Crippen molar-refractivity contribution in [3.63, 3.8) is 0 Å². The summed E-state index contributed by atoms with van der Waals surface area (Å²) in [7, 11) is 0. The number of hydrogen-bond acceptors (Lipinski definition) is 2. The average molecular weight is 662 g/mol. The maximum absolute atomic E-state index is 2.44. The lowest BCUT2D eigenvalue weighted by atomic mass is 9.55. The summed E-state index contributed by atoms with van der Waals surface area (Å²) in [4.78, 5) is 2.43. The number of benzene rings is 7. The van der Waals surface area contributed by atoms with Crippen LogP contribution in [0.1, 0.15) is 38.8 Å². The zero-order valence-electron chi connectivity index (χ0n) is 28.9. The number of nitrogens with zero attached hydrogens (tertiary/aromatic N) is 1. The lowest BCUT2D eigenvalue weighted by molar-refractivity contribution is 0.299. The molecule has 0 aliphatic heterocycles. The fraction of sp³-hybridized carbons (Fsp3) is 0.125. The molecule has 1 heterocycles. The molecule has 50 heavy (non-hydrogen) atoms. The summed E-state index contributed by atoms with van der Waals surface area (Å²) in [6.45, 7) is 9.63. The Kier molecular flexibility index (Phi) is 7.09. The highest BCUT2D eigenvalue weighted by Gasteiger charge is 2.45. The summed E-state index contributed by atoms with van der Waals surface area (Å²) in [6, 6.07) is 60.4. The molecule has 8 aromatic rings.